The van der Waals surface area contributed by atoms with Crippen LogP contribution < -0.4 is 5.32 Å². The van der Waals surface area contributed by atoms with Crippen LogP contribution in [0.5, 0.6) is 0 Å². The molecule has 0 aliphatic heterocycles. The second-order valence-electron chi connectivity index (χ2n) is 8.12. The summed E-state index contributed by atoms with van der Waals surface area (Å²) in [6.07, 6.45) is 8.54. The Morgan fingerprint density at radius 2 is 1.61 bits per heavy atom. The van der Waals surface area contributed by atoms with Crippen molar-refractivity contribution in [1.82, 2.24) is 10.2 Å². The van der Waals surface area contributed by atoms with E-state index in [-0.39, 0.29) is 17.2 Å². The Labute approximate surface area is 149 Å². The lowest BCUT2D eigenvalue weighted by Crippen LogP contribution is -2.48. The second kappa shape index (κ2) is 4.83. The summed E-state index contributed by atoms with van der Waals surface area (Å²) in [5, 5.41) is 13.3. The van der Waals surface area contributed by atoms with E-state index in [9.17, 15) is 4.79 Å². The first kappa shape index (κ1) is 14.9. The molecule has 124 valence electrons. The fraction of sp³-hybridized carbons (Fsp3) is 0.812. The van der Waals surface area contributed by atoms with E-state index < -0.39 is 4.33 Å². The Kier molecular flexibility index (Phi) is 3.13. The quantitative estimate of drug-likeness (QED) is 0.812. The van der Waals surface area contributed by atoms with Gasteiger partial charge in [-0.3, -0.25) is 4.79 Å². The van der Waals surface area contributed by atoms with Gasteiger partial charge in [-0.25, -0.2) is 0 Å². The van der Waals surface area contributed by atoms with Crippen LogP contribution in [0.4, 0.5) is 5.13 Å². The van der Waals surface area contributed by atoms with E-state index in [0.29, 0.717) is 11.6 Å². The van der Waals surface area contributed by atoms with Crippen LogP contribution in [0.3, 0.4) is 0 Å². The summed E-state index contributed by atoms with van der Waals surface area (Å²) < 4.78 is -0.891. The largest absolute Gasteiger partial charge is 0.300 e. The van der Waals surface area contributed by atoms with E-state index in [1.807, 2.05) is 0 Å². The van der Waals surface area contributed by atoms with E-state index in [0.717, 1.165) is 22.8 Å². The molecule has 0 radical (unpaired) electrons. The van der Waals surface area contributed by atoms with Gasteiger partial charge in [0.25, 0.3) is 0 Å². The van der Waals surface area contributed by atoms with Crippen molar-refractivity contribution in [3.05, 3.63) is 5.01 Å². The molecule has 1 amide bonds. The lowest BCUT2D eigenvalue weighted by Gasteiger charge is -2.55. The minimum Gasteiger partial charge on any atom is -0.300 e. The van der Waals surface area contributed by atoms with Crippen molar-refractivity contribution in [2.45, 2.75) is 54.7 Å². The number of carbonyl (C=O) groups excluding carboxylic acids is 1. The summed E-state index contributed by atoms with van der Waals surface area (Å²) in [6.45, 7) is 0. The normalized spacial score (nSPS) is 42.7. The third-order valence-corrected chi connectivity index (χ3v) is 8.21. The molecule has 7 heteroatoms. The smallest absolute Gasteiger partial charge is 0.232 e. The molecule has 4 nitrogen and oxygen atoms in total. The molecule has 5 aliphatic rings. The Hall–Kier alpha value is -0.390. The molecule has 1 heterocycles. The standard InChI is InChI=1S/C16H19Cl2N3OS/c17-16(18)7-11(16)12(22)19-14-21-20-13(23-14)15-4-8-1-9(5-15)3-10(2-8)6-15/h8-11H,1-7H2,(H,19,21,22). The van der Waals surface area contributed by atoms with E-state index in [1.165, 1.54) is 38.5 Å². The molecule has 1 N–H and O–H groups in total. The zero-order valence-electron chi connectivity index (χ0n) is 12.7. The van der Waals surface area contributed by atoms with Crippen molar-refractivity contribution in [3.63, 3.8) is 0 Å². The number of halogens is 2. The van der Waals surface area contributed by atoms with Gasteiger partial charge in [-0.05, 0) is 62.7 Å². The molecule has 0 spiro atoms. The topological polar surface area (TPSA) is 54.9 Å². The van der Waals surface area contributed by atoms with Gasteiger partial charge in [0.15, 0.2) is 0 Å². The highest BCUT2D eigenvalue weighted by Crippen LogP contribution is 2.61. The number of aromatic nitrogens is 2. The zero-order valence-corrected chi connectivity index (χ0v) is 15.1. The number of alkyl halides is 2. The summed E-state index contributed by atoms with van der Waals surface area (Å²) >= 11 is 13.5. The van der Waals surface area contributed by atoms with Gasteiger partial charge >= 0.3 is 0 Å². The summed E-state index contributed by atoms with van der Waals surface area (Å²) in [6, 6.07) is 0. The first-order valence-corrected chi connectivity index (χ1v) is 10.0. The molecule has 5 saturated carbocycles. The van der Waals surface area contributed by atoms with E-state index in [4.69, 9.17) is 23.2 Å². The molecule has 23 heavy (non-hydrogen) atoms. The van der Waals surface area contributed by atoms with Gasteiger partial charge in [-0.1, -0.05) is 11.3 Å². The first-order valence-electron chi connectivity index (χ1n) is 8.46. The fourth-order valence-electron chi connectivity index (χ4n) is 5.55. The molecule has 0 saturated heterocycles. The predicted molar refractivity (Wildman–Crippen MR) is 90.9 cm³/mol. The first-order chi connectivity index (χ1) is 10.9. The number of nitrogens with zero attached hydrogens (tertiary/aromatic N) is 2. The van der Waals surface area contributed by atoms with Crippen LogP contribution in [0, 0.1) is 23.7 Å². The summed E-state index contributed by atoms with van der Waals surface area (Å²) in [7, 11) is 0. The van der Waals surface area contributed by atoms with Gasteiger partial charge in [-0.15, -0.1) is 33.4 Å². The van der Waals surface area contributed by atoms with Crippen molar-refractivity contribution >= 4 is 45.6 Å². The molecular weight excluding hydrogens is 353 g/mol. The lowest BCUT2D eigenvalue weighted by atomic mass is 9.50. The van der Waals surface area contributed by atoms with Gasteiger partial charge in [0.05, 0.1) is 5.92 Å². The van der Waals surface area contributed by atoms with Crippen LogP contribution in [-0.4, -0.2) is 20.4 Å². The van der Waals surface area contributed by atoms with Crippen LogP contribution in [-0.2, 0) is 10.2 Å². The number of hydrogen-bond donors (Lipinski definition) is 1. The van der Waals surface area contributed by atoms with Crippen molar-refractivity contribution in [3.8, 4) is 0 Å². The Balaban J connectivity index is 1.35. The number of carbonyl (C=O) groups is 1. The number of nitrogens with one attached hydrogen (secondary N) is 1. The van der Waals surface area contributed by atoms with Crippen molar-refractivity contribution in [1.29, 1.82) is 0 Å². The lowest BCUT2D eigenvalue weighted by molar-refractivity contribution is -0.117. The maximum absolute atomic E-state index is 12.1. The summed E-state index contributed by atoms with van der Waals surface area (Å²) in [5.74, 6) is 2.18. The van der Waals surface area contributed by atoms with Crippen LogP contribution in [0.25, 0.3) is 0 Å². The third-order valence-electron chi connectivity index (χ3n) is 6.29. The highest BCUT2D eigenvalue weighted by molar-refractivity contribution is 7.15. The third kappa shape index (κ3) is 2.42. The number of anilines is 1. The molecule has 1 unspecified atom stereocenters. The Morgan fingerprint density at radius 1 is 1.04 bits per heavy atom. The maximum atomic E-state index is 12.1. The summed E-state index contributed by atoms with van der Waals surface area (Å²) in [4.78, 5) is 12.1. The minimum absolute atomic E-state index is 0.136. The maximum Gasteiger partial charge on any atom is 0.232 e. The minimum atomic E-state index is -0.891. The van der Waals surface area contributed by atoms with E-state index in [2.05, 4.69) is 15.5 Å². The highest BCUT2D eigenvalue weighted by Gasteiger charge is 2.57. The Bertz CT molecular complexity index is 639. The van der Waals surface area contributed by atoms with Crippen molar-refractivity contribution in [2.75, 3.05) is 5.32 Å². The molecule has 4 bridgehead atoms. The Morgan fingerprint density at radius 3 is 2.13 bits per heavy atom. The predicted octanol–water partition coefficient (Wildman–Crippen LogP) is 4.14. The van der Waals surface area contributed by atoms with E-state index >= 15 is 0 Å². The average molecular weight is 372 g/mol. The van der Waals surface area contributed by atoms with E-state index in [1.54, 1.807) is 11.3 Å². The number of hydrogen-bond acceptors (Lipinski definition) is 4. The van der Waals surface area contributed by atoms with Crippen LogP contribution >= 0.6 is 34.5 Å². The average Bonchev–Trinajstić information content (AvgIpc) is 2.90. The molecule has 6 rings (SSSR count). The van der Waals surface area contributed by atoms with Crippen molar-refractivity contribution in [2.24, 2.45) is 23.7 Å². The molecule has 1 aromatic rings. The molecule has 1 atom stereocenters. The molecule has 1 aromatic heterocycles. The SMILES string of the molecule is O=C(Nc1nnc(C23CC4CC(CC(C4)C2)C3)s1)C1CC1(Cl)Cl. The van der Waals surface area contributed by atoms with Crippen LogP contribution in [0.15, 0.2) is 0 Å². The number of amides is 1. The monoisotopic (exact) mass is 371 g/mol. The van der Waals surface area contributed by atoms with Gasteiger partial charge in [-0.2, -0.15) is 0 Å². The molecule has 0 aromatic carbocycles. The molecular formula is C16H19Cl2N3OS. The highest BCUT2D eigenvalue weighted by atomic mass is 35.5. The second-order valence-corrected chi connectivity index (χ2v) is 10.6. The van der Waals surface area contributed by atoms with Gasteiger partial charge in [0, 0.05) is 5.41 Å². The fourth-order valence-corrected chi connectivity index (χ4v) is 7.02. The van der Waals surface area contributed by atoms with Crippen molar-refractivity contribution < 1.29 is 4.79 Å². The molecule has 5 aliphatic carbocycles. The van der Waals surface area contributed by atoms with Gasteiger partial charge < -0.3 is 5.32 Å². The van der Waals surface area contributed by atoms with Crippen LogP contribution in [0.1, 0.15) is 50.0 Å². The van der Waals surface area contributed by atoms with Gasteiger partial charge in [0.2, 0.25) is 11.0 Å². The zero-order chi connectivity index (χ0) is 15.8. The molecule has 5 fully saturated rings. The summed E-state index contributed by atoms with van der Waals surface area (Å²) in [5.41, 5.74) is 0.234. The van der Waals surface area contributed by atoms with Crippen LogP contribution in [0.2, 0.25) is 0 Å². The van der Waals surface area contributed by atoms with Gasteiger partial charge in [0.1, 0.15) is 9.34 Å². The number of rotatable bonds is 3.